The fraction of sp³-hybridized carbons (Fsp3) is 0.909. The van der Waals surface area contributed by atoms with Crippen LogP contribution in [0.25, 0.3) is 0 Å². The lowest BCUT2D eigenvalue weighted by Crippen LogP contribution is -2.49. The number of likely N-dealkylation sites (N-methyl/N-ethyl adjacent to an activating group) is 1. The lowest BCUT2D eigenvalue weighted by atomic mass is 10.1. The van der Waals surface area contributed by atoms with Crippen molar-refractivity contribution in [1.29, 1.82) is 0 Å². The Bertz CT molecular complexity index is 223. The Kier molecular flexibility index (Phi) is 4.11. The van der Waals surface area contributed by atoms with Crippen LogP contribution in [0.1, 0.15) is 26.7 Å². The molecule has 0 aromatic carbocycles. The Morgan fingerprint density at radius 3 is 2.40 bits per heavy atom. The molecule has 0 atom stereocenters. The average Bonchev–Trinajstić information content (AvgIpc) is 2.70. The molecule has 0 bridgehead atoms. The Hall–Kier alpha value is -0.610. The maximum atomic E-state index is 11.8. The van der Waals surface area contributed by atoms with Gasteiger partial charge in [0, 0.05) is 18.6 Å². The van der Waals surface area contributed by atoms with Gasteiger partial charge in [0.15, 0.2) is 0 Å². The first-order valence-electron chi connectivity index (χ1n) is 5.57. The summed E-state index contributed by atoms with van der Waals surface area (Å²) in [7, 11) is 1.88. The maximum Gasteiger partial charge on any atom is 0.236 e. The molecule has 0 aromatic rings. The molecule has 1 N–H and O–H groups in total. The largest absolute Gasteiger partial charge is 0.394 e. The summed E-state index contributed by atoms with van der Waals surface area (Å²) in [5.74, 6) is 0.177. The fourth-order valence-electron chi connectivity index (χ4n) is 1.60. The molecule has 0 radical (unpaired) electrons. The smallest absolute Gasteiger partial charge is 0.236 e. The Balaban J connectivity index is 2.43. The summed E-state index contributed by atoms with van der Waals surface area (Å²) in [6, 6.07) is 0. The van der Waals surface area contributed by atoms with Crippen molar-refractivity contribution in [3.8, 4) is 0 Å². The third-order valence-corrected chi connectivity index (χ3v) is 3.25. The molecule has 1 saturated heterocycles. The predicted octanol–water partition coefficient (Wildman–Crippen LogP) is 0.311. The molecule has 0 spiro atoms. The van der Waals surface area contributed by atoms with Crippen LogP contribution in [0.5, 0.6) is 0 Å². The van der Waals surface area contributed by atoms with Gasteiger partial charge in [0.2, 0.25) is 5.91 Å². The number of nitrogens with zero attached hydrogens (tertiary/aromatic N) is 2. The number of likely N-dealkylation sites (tertiary alicyclic amines) is 1. The van der Waals surface area contributed by atoms with E-state index in [1.165, 1.54) is 0 Å². The van der Waals surface area contributed by atoms with E-state index in [0.29, 0.717) is 6.54 Å². The van der Waals surface area contributed by atoms with Crippen LogP contribution in [0.2, 0.25) is 0 Å². The second kappa shape index (κ2) is 4.94. The highest BCUT2D eigenvalue weighted by atomic mass is 16.3. The number of aliphatic hydroxyl groups excluding tert-OH is 1. The van der Waals surface area contributed by atoms with E-state index in [2.05, 4.69) is 0 Å². The van der Waals surface area contributed by atoms with Crippen LogP contribution < -0.4 is 0 Å². The van der Waals surface area contributed by atoms with Crippen molar-refractivity contribution in [2.45, 2.75) is 32.2 Å². The topological polar surface area (TPSA) is 43.8 Å². The normalized spacial score (nSPS) is 17.5. The van der Waals surface area contributed by atoms with Gasteiger partial charge in [0.25, 0.3) is 0 Å². The van der Waals surface area contributed by atoms with Gasteiger partial charge in [-0.25, -0.2) is 0 Å². The lowest BCUT2D eigenvalue weighted by molar-refractivity contribution is -0.132. The quantitative estimate of drug-likeness (QED) is 0.732. The number of aliphatic hydroxyl groups is 1. The summed E-state index contributed by atoms with van der Waals surface area (Å²) < 4.78 is 0. The minimum absolute atomic E-state index is 0.0662. The van der Waals surface area contributed by atoms with Gasteiger partial charge in [0.1, 0.15) is 0 Å². The van der Waals surface area contributed by atoms with Crippen molar-refractivity contribution in [3.63, 3.8) is 0 Å². The molecule has 1 aliphatic rings. The van der Waals surface area contributed by atoms with Crippen molar-refractivity contribution >= 4 is 5.91 Å². The van der Waals surface area contributed by atoms with E-state index < -0.39 is 0 Å². The van der Waals surface area contributed by atoms with Crippen molar-refractivity contribution in [2.75, 3.05) is 33.3 Å². The van der Waals surface area contributed by atoms with Gasteiger partial charge in [-0.2, -0.15) is 0 Å². The van der Waals surface area contributed by atoms with E-state index in [1.807, 2.05) is 30.7 Å². The first-order chi connectivity index (χ1) is 6.97. The summed E-state index contributed by atoms with van der Waals surface area (Å²) in [4.78, 5) is 15.6. The maximum absolute atomic E-state index is 11.8. The first kappa shape index (κ1) is 12.5. The molecule has 1 amide bonds. The highest BCUT2D eigenvalue weighted by Crippen LogP contribution is 2.13. The van der Waals surface area contributed by atoms with Gasteiger partial charge in [-0.3, -0.25) is 9.69 Å². The van der Waals surface area contributed by atoms with Crippen LogP contribution in [0.4, 0.5) is 0 Å². The fourth-order valence-corrected chi connectivity index (χ4v) is 1.60. The molecule has 4 heteroatoms. The van der Waals surface area contributed by atoms with E-state index in [0.717, 1.165) is 25.9 Å². The number of hydrogen-bond donors (Lipinski definition) is 1. The Morgan fingerprint density at radius 1 is 1.40 bits per heavy atom. The molecule has 0 aromatic heterocycles. The molecule has 1 rings (SSSR count). The van der Waals surface area contributed by atoms with Crippen molar-refractivity contribution in [1.82, 2.24) is 9.80 Å². The third kappa shape index (κ3) is 3.18. The van der Waals surface area contributed by atoms with Crippen LogP contribution >= 0.6 is 0 Å². The standard InChI is InChI=1S/C11H22N2O2/c1-11(2,9-14)12(3)8-10(15)13-6-4-5-7-13/h14H,4-9H2,1-3H3. The number of amides is 1. The highest BCUT2D eigenvalue weighted by Gasteiger charge is 2.26. The third-order valence-electron chi connectivity index (χ3n) is 3.25. The molecule has 1 heterocycles. The van der Waals surface area contributed by atoms with Gasteiger partial charge in [0.05, 0.1) is 13.2 Å². The van der Waals surface area contributed by atoms with Crippen LogP contribution in [-0.4, -0.2) is 59.6 Å². The number of rotatable bonds is 4. The molecule has 1 fully saturated rings. The lowest BCUT2D eigenvalue weighted by Gasteiger charge is -2.34. The molecule has 0 aliphatic carbocycles. The van der Waals surface area contributed by atoms with Crippen LogP contribution in [0, 0.1) is 0 Å². The minimum atomic E-state index is -0.324. The Labute approximate surface area is 91.9 Å². The highest BCUT2D eigenvalue weighted by molar-refractivity contribution is 5.78. The summed E-state index contributed by atoms with van der Waals surface area (Å²) >= 11 is 0. The summed E-state index contributed by atoms with van der Waals surface area (Å²) in [5, 5.41) is 9.18. The monoisotopic (exact) mass is 214 g/mol. The summed E-state index contributed by atoms with van der Waals surface area (Å²) in [6.45, 7) is 6.12. The number of carbonyl (C=O) groups excluding carboxylic acids is 1. The molecular formula is C11H22N2O2. The van der Waals surface area contributed by atoms with Gasteiger partial charge in [-0.15, -0.1) is 0 Å². The second-order valence-electron chi connectivity index (χ2n) is 4.91. The average molecular weight is 214 g/mol. The van der Waals surface area contributed by atoms with Crippen molar-refractivity contribution in [3.05, 3.63) is 0 Å². The molecule has 0 unspecified atom stereocenters. The van der Waals surface area contributed by atoms with Gasteiger partial charge < -0.3 is 10.0 Å². The predicted molar refractivity (Wildman–Crippen MR) is 59.6 cm³/mol. The summed E-state index contributed by atoms with van der Waals surface area (Å²) in [5.41, 5.74) is -0.324. The van der Waals surface area contributed by atoms with E-state index in [4.69, 9.17) is 0 Å². The molecule has 88 valence electrons. The zero-order valence-electron chi connectivity index (χ0n) is 9.99. The number of carbonyl (C=O) groups is 1. The Morgan fingerprint density at radius 2 is 1.93 bits per heavy atom. The van der Waals surface area contributed by atoms with E-state index in [-0.39, 0.29) is 18.1 Å². The van der Waals surface area contributed by atoms with Crippen LogP contribution in [0.15, 0.2) is 0 Å². The van der Waals surface area contributed by atoms with Crippen LogP contribution in [0.3, 0.4) is 0 Å². The molecule has 0 saturated carbocycles. The zero-order chi connectivity index (χ0) is 11.5. The molecule has 4 nitrogen and oxygen atoms in total. The SMILES string of the molecule is CN(CC(=O)N1CCCC1)C(C)(C)CO. The van der Waals surface area contributed by atoms with Gasteiger partial charge in [-0.05, 0) is 33.7 Å². The van der Waals surface area contributed by atoms with Crippen LogP contribution in [-0.2, 0) is 4.79 Å². The van der Waals surface area contributed by atoms with E-state index in [1.54, 1.807) is 0 Å². The molecule has 1 aliphatic heterocycles. The van der Waals surface area contributed by atoms with Crippen molar-refractivity contribution < 1.29 is 9.90 Å². The molecular weight excluding hydrogens is 192 g/mol. The van der Waals surface area contributed by atoms with E-state index >= 15 is 0 Å². The molecule has 15 heavy (non-hydrogen) atoms. The second-order valence-corrected chi connectivity index (χ2v) is 4.91. The summed E-state index contributed by atoms with van der Waals surface area (Å²) in [6.07, 6.45) is 2.25. The van der Waals surface area contributed by atoms with Gasteiger partial charge in [-0.1, -0.05) is 0 Å². The van der Waals surface area contributed by atoms with Crippen molar-refractivity contribution in [2.24, 2.45) is 0 Å². The minimum Gasteiger partial charge on any atom is -0.394 e. The number of hydrogen-bond acceptors (Lipinski definition) is 3. The first-order valence-corrected chi connectivity index (χ1v) is 5.57. The van der Waals surface area contributed by atoms with Gasteiger partial charge >= 0.3 is 0 Å². The van der Waals surface area contributed by atoms with E-state index in [9.17, 15) is 9.90 Å². The zero-order valence-corrected chi connectivity index (χ0v) is 9.99.